The Bertz CT molecular complexity index is 783. The summed E-state index contributed by atoms with van der Waals surface area (Å²) in [5.41, 5.74) is 7.12. The van der Waals surface area contributed by atoms with Crippen molar-refractivity contribution in [3.05, 3.63) is 53.1 Å². The van der Waals surface area contributed by atoms with Crippen LogP contribution in [0.1, 0.15) is 0 Å². The maximum absolute atomic E-state index is 13.3. The minimum atomic E-state index is -0.442. The Morgan fingerprint density at radius 1 is 1.05 bits per heavy atom. The van der Waals surface area contributed by atoms with Crippen molar-refractivity contribution in [2.45, 2.75) is 0 Å². The standard InChI is InChI=1S/C13H8ClF2N3/c14-9-3-1-8(16)6-12(9)19-11-4-2-7(15)5-10(11)18-13(19)17/h1-6H,(H2,17,18). The number of benzene rings is 2. The third kappa shape index (κ3) is 1.92. The van der Waals surface area contributed by atoms with E-state index in [2.05, 4.69) is 4.98 Å². The molecule has 0 spiro atoms. The summed E-state index contributed by atoms with van der Waals surface area (Å²) in [7, 11) is 0. The number of rotatable bonds is 1. The molecule has 1 heterocycles. The molecule has 0 atom stereocenters. The van der Waals surface area contributed by atoms with E-state index >= 15 is 0 Å². The van der Waals surface area contributed by atoms with E-state index in [9.17, 15) is 8.78 Å². The highest BCUT2D eigenvalue weighted by Gasteiger charge is 2.13. The number of fused-ring (bicyclic) bond motifs is 1. The van der Waals surface area contributed by atoms with Crippen LogP contribution >= 0.6 is 11.6 Å². The van der Waals surface area contributed by atoms with Gasteiger partial charge < -0.3 is 5.73 Å². The van der Waals surface area contributed by atoms with Crippen molar-refractivity contribution < 1.29 is 8.78 Å². The minimum Gasteiger partial charge on any atom is -0.369 e. The maximum Gasteiger partial charge on any atom is 0.205 e. The van der Waals surface area contributed by atoms with E-state index in [-0.39, 0.29) is 5.95 Å². The molecular weight excluding hydrogens is 272 g/mol. The number of anilines is 1. The second kappa shape index (κ2) is 4.20. The molecule has 2 aromatic carbocycles. The molecule has 0 amide bonds. The van der Waals surface area contributed by atoms with E-state index < -0.39 is 11.6 Å². The van der Waals surface area contributed by atoms with Crippen LogP contribution in [0.25, 0.3) is 16.7 Å². The lowest BCUT2D eigenvalue weighted by atomic mass is 10.2. The van der Waals surface area contributed by atoms with Crippen molar-refractivity contribution in [3.63, 3.8) is 0 Å². The lowest BCUT2D eigenvalue weighted by molar-refractivity contribution is 0.626. The Labute approximate surface area is 112 Å². The van der Waals surface area contributed by atoms with E-state index in [4.69, 9.17) is 17.3 Å². The Kier molecular flexibility index (Phi) is 2.64. The topological polar surface area (TPSA) is 43.8 Å². The maximum atomic E-state index is 13.3. The van der Waals surface area contributed by atoms with Crippen LogP contribution in [0.2, 0.25) is 5.02 Å². The van der Waals surface area contributed by atoms with Crippen LogP contribution < -0.4 is 5.73 Å². The first-order valence-electron chi connectivity index (χ1n) is 5.45. The Morgan fingerprint density at radius 2 is 1.74 bits per heavy atom. The fourth-order valence-electron chi connectivity index (χ4n) is 1.98. The second-order valence-electron chi connectivity index (χ2n) is 4.03. The Hall–Kier alpha value is -2.14. The summed E-state index contributed by atoms with van der Waals surface area (Å²) in [4.78, 5) is 4.04. The highest BCUT2D eigenvalue weighted by Crippen LogP contribution is 2.28. The van der Waals surface area contributed by atoms with Crippen molar-refractivity contribution in [2.24, 2.45) is 0 Å². The molecule has 6 heteroatoms. The molecule has 0 saturated heterocycles. The summed E-state index contributed by atoms with van der Waals surface area (Å²) in [6, 6.07) is 8.00. The van der Waals surface area contributed by atoms with E-state index in [1.54, 1.807) is 0 Å². The fraction of sp³-hybridized carbons (Fsp3) is 0. The van der Waals surface area contributed by atoms with E-state index in [1.807, 2.05) is 0 Å². The van der Waals surface area contributed by atoms with E-state index in [1.165, 1.54) is 41.0 Å². The molecule has 0 aliphatic carbocycles. The van der Waals surface area contributed by atoms with Crippen molar-refractivity contribution in [3.8, 4) is 5.69 Å². The van der Waals surface area contributed by atoms with Gasteiger partial charge >= 0.3 is 0 Å². The predicted octanol–water partition coefficient (Wildman–Crippen LogP) is 3.54. The van der Waals surface area contributed by atoms with Crippen LogP contribution in [0.15, 0.2) is 36.4 Å². The van der Waals surface area contributed by atoms with Gasteiger partial charge in [-0.15, -0.1) is 0 Å². The van der Waals surface area contributed by atoms with E-state index in [0.717, 1.165) is 0 Å². The first-order chi connectivity index (χ1) is 9.06. The molecule has 3 aromatic rings. The summed E-state index contributed by atoms with van der Waals surface area (Å²) >= 11 is 6.05. The number of nitrogens with two attached hydrogens (primary N) is 1. The highest BCUT2D eigenvalue weighted by molar-refractivity contribution is 6.32. The lowest BCUT2D eigenvalue weighted by Crippen LogP contribution is -2.01. The van der Waals surface area contributed by atoms with Gasteiger partial charge in [-0.2, -0.15) is 0 Å². The molecule has 19 heavy (non-hydrogen) atoms. The number of aromatic nitrogens is 2. The Balaban J connectivity index is 2.36. The molecule has 96 valence electrons. The number of nitrogens with zero attached hydrogens (tertiary/aromatic N) is 2. The van der Waals surface area contributed by atoms with Crippen molar-refractivity contribution in [1.82, 2.24) is 9.55 Å². The molecule has 0 aliphatic rings. The molecule has 3 nitrogen and oxygen atoms in total. The van der Waals surface area contributed by atoms with Crippen LogP contribution in [0, 0.1) is 11.6 Å². The molecule has 0 unspecified atom stereocenters. The molecule has 0 aliphatic heterocycles. The highest BCUT2D eigenvalue weighted by atomic mass is 35.5. The number of nitrogen functional groups attached to an aromatic ring is 1. The quantitative estimate of drug-likeness (QED) is 0.740. The van der Waals surface area contributed by atoms with Crippen molar-refractivity contribution in [1.29, 1.82) is 0 Å². The molecule has 2 N–H and O–H groups in total. The van der Waals surface area contributed by atoms with E-state index in [0.29, 0.717) is 21.7 Å². The van der Waals surface area contributed by atoms with Crippen molar-refractivity contribution in [2.75, 3.05) is 5.73 Å². The lowest BCUT2D eigenvalue weighted by Gasteiger charge is -2.08. The van der Waals surface area contributed by atoms with Gasteiger partial charge in [0.25, 0.3) is 0 Å². The Morgan fingerprint density at radius 3 is 2.53 bits per heavy atom. The zero-order valence-electron chi connectivity index (χ0n) is 9.57. The van der Waals surface area contributed by atoms with Gasteiger partial charge in [0.05, 0.1) is 21.7 Å². The average Bonchev–Trinajstić information content (AvgIpc) is 2.67. The van der Waals surface area contributed by atoms with Crippen LogP contribution in [0.5, 0.6) is 0 Å². The third-order valence-electron chi connectivity index (χ3n) is 2.79. The summed E-state index contributed by atoms with van der Waals surface area (Å²) in [6.07, 6.45) is 0. The summed E-state index contributed by atoms with van der Waals surface area (Å²) in [6.45, 7) is 0. The predicted molar refractivity (Wildman–Crippen MR) is 70.4 cm³/mol. The van der Waals surface area contributed by atoms with Gasteiger partial charge in [0.1, 0.15) is 11.6 Å². The molecule has 0 saturated carbocycles. The van der Waals surface area contributed by atoms with Crippen LogP contribution in [-0.2, 0) is 0 Å². The van der Waals surface area contributed by atoms with Crippen LogP contribution in [0.3, 0.4) is 0 Å². The third-order valence-corrected chi connectivity index (χ3v) is 3.11. The largest absolute Gasteiger partial charge is 0.369 e. The smallest absolute Gasteiger partial charge is 0.205 e. The number of hydrogen-bond donors (Lipinski definition) is 1. The van der Waals surface area contributed by atoms with Gasteiger partial charge in [0.2, 0.25) is 5.95 Å². The molecule has 0 radical (unpaired) electrons. The van der Waals surface area contributed by atoms with Gasteiger partial charge in [0, 0.05) is 6.07 Å². The minimum absolute atomic E-state index is 0.119. The first kappa shape index (κ1) is 11.9. The van der Waals surface area contributed by atoms with Gasteiger partial charge in [-0.3, -0.25) is 4.57 Å². The van der Waals surface area contributed by atoms with Crippen molar-refractivity contribution >= 4 is 28.6 Å². The van der Waals surface area contributed by atoms with Crippen LogP contribution in [-0.4, -0.2) is 9.55 Å². The molecule has 0 bridgehead atoms. The average molecular weight is 280 g/mol. The zero-order valence-corrected chi connectivity index (χ0v) is 10.3. The number of halogens is 3. The first-order valence-corrected chi connectivity index (χ1v) is 5.83. The number of imidazole rings is 1. The molecular formula is C13H8ClF2N3. The SMILES string of the molecule is Nc1nc2cc(F)ccc2n1-c1cc(F)ccc1Cl. The molecule has 3 rings (SSSR count). The zero-order chi connectivity index (χ0) is 13.6. The van der Waals surface area contributed by atoms with Crippen LogP contribution in [0.4, 0.5) is 14.7 Å². The summed E-state index contributed by atoms with van der Waals surface area (Å²) < 4.78 is 28.0. The molecule has 0 fully saturated rings. The monoisotopic (exact) mass is 279 g/mol. The fourth-order valence-corrected chi connectivity index (χ4v) is 2.18. The number of hydrogen-bond acceptors (Lipinski definition) is 2. The molecule has 1 aromatic heterocycles. The van der Waals surface area contributed by atoms with Gasteiger partial charge in [0.15, 0.2) is 0 Å². The van der Waals surface area contributed by atoms with Gasteiger partial charge in [-0.1, -0.05) is 11.6 Å². The van der Waals surface area contributed by atoms with Gasteiger partial charge in [-0.25, -0.2) is 13.8 Å². The second-order valence-corrected chi connectivity index (χ2v) is 4.44. The summed E-state index contributed by atoms with van der Waals surface area (Å²) in [5.74, 6) is -0.738. The normalized spacial score (nSPS) is 11.1. The van der Waals surface area contributed by atoms with Gasteiger partial charge in [-0.05, 0) is 30.3 Å². The summed E-state index contributed by atoms with van der Waals surface area (Å²) in [5, 5.41) is 0.330.